The monoisotopic (exact) mass is 227 g/mol. The fraction of sp³-hybridized carbons (Fsp3) is 0.600. The average molecular weight is 227 g/mol. The zero-order valence-corrected chi connectivity index (χ0v) is 7.73. The zero-order valence-electron chi connectivity index (χ0n) is 6.91. The first kappa shape index (κ1) is 12.8. The lowest BCUT2D eigenvalue weighted by molar-refractivity contribution is -0.147. The molecule has 0 heterocycles. The fourth-order valence-electron chi connectivity index (χ4n) is 0.644. The normalized spacial score (nSPS) is 13.3. The molecule has 0 fully saturated rings. The molecule has 1 atom stereocenters. The van der Waals surface area contributed by atoms with Crippen molar-refractivity contribution in [3.05, 3.63) is 0 Å². The van der Waals surface area contributed by atoms with Crippen LogP contribution in [0.5, 0.6) is 0 Å². The molecule has 0 aromatic rings. The maximum atomic E-state index is 10.8. The quantitative estimate of drug-likeness (QED) is 0.283. The van der Waals surface area contributed by atoms with E-state index in [0.717, 1.165) is 0 Å². The summed E-state index contributed by atoms with van der Waals surface area (Å²) in [7, 11) is -4.79. The van der Waals surface area contributed by atoms with Gasteiger partial charge in [0.15, 0.2) is 5.25 Å². The summed E-state index contributed by atoms with van der Waals surface area (Å²) in [5, 5.41) is 6.11. The zero-order chi connectivity index (χ0) is 11.4. The van der Waals surface area contributed by atoms with Gasteiger partial charge in [0.2, 0.25) is 0 Å². The molecule has 82 valence electrons. The molecule has 0 spiro atoms. The number of carbonyl (C=O) groups excluding carboxylic acids is 1. The Bertz CT molecular complexity index is 321. The molecule has 0 saturated carbocycles. The lowest BCUT2D eigenvalue weighted by Crippen LogP contribution is -2.34. The molecule has 0 bridgehead atoms. The van der Waals surface area contributed by atoms with E-state index in [4.69, 9.17) is 15.4 Å². The van der Waals surface area contributed by atoms with Crippen LogP contribution in [0, 0.1) is 0 Å². The van der Waals surface area contributed by atoms with Gasteiger partial charge < -0.3 is 9.84 Å². The van der Waals surface area contributed by atoms with Gasteiger partial charge in [0.1, 0.15) is 6.73 Å². The predicted octanol–water partition coefficient (Wildman–Crippen LogP) is -1.82. The molecule has 0 aromatic heterocycles. The third kappa shape index (κ3) is 4.16. The summed E-state index contributed by atoms with van der Waals surface area (Å²) in [6.07, 6.45) is -1.07. The lowest BCUT2D eigenvalue weighted by Gasteiger charge is -2.09. The van der Waals surface area contributed by atoms with Gasteiger partial charge in [-0.05, 0) is 0 Å². The van der Waals surface area contributed by atoms with Crippen molar-refractivity contribution >= 4 is 22.1 Å². The minimum absolute atomic E-state index is 0.593. The maximum absolute atomic E-state index is 10.8. The molecule has 0 radical (unpaired) electrons. The number of carbonyl (C=O) groups is 2. The Morgan fingerprint density at radius 2 is 1.93 bits per heavy atom. The minimum Gasteiger partial charge on any atom is -0.481 e. The Balaban J connectivity index is 4.74. The van der Waals surface area contributed by atoms with Crippen molar-refractivity contribution in [1.29, 1.82) is 0 Å². The van der Waals surface area contributed by atoms with Crippen molar-refractivity contribution in [2.75, 3.05) is 6.73 Å². The van der Waals surface area contributed by atoms with Crippen molar-refractivity contribution in [3.8, 4) is 0 Å². The summed E-state index contributed by atoms with van der Waals surface area (Å²) in [6.45, 7) is -0.593. The fourth-order valence-corrected chi connectivity index (χ4v) is 1.31. The number of esters is 1. The van der Waals surface area contributed by atoms with E-state index in [1.807, 2.05) is 0 Å². The van der Waals surface area contributed by atoms with Crippen LogP contribution in [0.1, 0.15) is 6.42 Å². The minimum atomic E-state index is -4.79. The highest BCUT2D eigenvalue weighted by Gasteiger charge is 2.34. The highest BCUT2D eigenvalue weighted by atomic mass is 32.2. The Hall–Kier alpha value is -1.19. The van der Waals surface area contributed by atoms with Gasteiger partial charge in [0, 0.05) is 0 Å². The van der Waals surface area contributed by atoms with Crippen molar-refractivity contribution in [2.45, 2.75) is 11.7 Å². The molecule has 9 heteroatoms. The van der Waals surface area contributed by atoms with Crippen LogP contribution in [0.3, 0.4) is 0 Å². The van der Waals surface area contributed by atoms with E-state index >= 15 is 0 Å². The van der Waals surface area contributed by atoms with Crippen molar-refractivity contribution < 1.29 is 32.4 Å². The van der Waals surface area contributed by atoms with E-state index in [9.17, 15) is 18.0 Å². The summed E-state index contributed by atoms with van der Waals surface area (Å²) in [4.78, 5) is 21.0. The first-order valence-corrected chi connectivity index (χ1v) is 4.84. The van der Waals surface area contributed by atoms with Crippen LogP contribution in [0.4, 0.5) is 0 Å². The molecule has 0 aromatic carbocycles. The second-order valence-electron chi connectivity index (χ2n) is 2.23. The Labute approximate surface area is 79.4 Å². The van der Waals surface area contributed by atoms with Crippen LogP contribution in [-0.4, -0.2) is 42.0 Å². The third-order valence-corrected chi connectivity index (χ3v) is 2.29. The first-order valence-electron chi connectivity index (χ1n) is 3.33. The molecule has 8 nitrogen and oxygen atoms in total. The number of rotatable bonds is 5. The van der Waals surface area contributed by atoms with Gasteiger partial charge in [0.25, 0.3) is 10.1 Å². The van der Waals surface area contributed by atoms with Crippen LogP contribution < -0.4 is 5.73 Å². The molecule has 0 aliphatic heterocycles. The summed E-state index contributed by atoms with van der Waals surface area (Å²) in [5.74, 6) is -2.95. The standard InChI is InChI=1S/C5H9NO7S/c6-2-13-5(9)3(1-4(7)8)14(10,11)12/h3H,1-2,6H2,(H,7,8)(H,10,11,12). The molecule has 0 aliphatic carbocycles. The SMILES string of the molecule is NCOC(=O)C(CC(=O)O)S(=O)(=O)O. The van der Waals surface area contributed by atoms with Crippen LogP contribution >= 0.6 is 0 Å². The summed E-state index contributed by atoms with van der Waals surface area (Å²) < 4.78 is 33.6. The van der Waals surface area contributed by atoms with Gasteiger partial charge in [-0.25, -0.2) is 0 Å². The number of ether oxygens (including phenoxy) is 1. The van der Waals surface area contributed by atoms with Crippen molar-refractivity contribution in [3.63, 3.8) is 0 Å². The van der Waals surface area contributed by atoms with E-state index in [1.165, 1.54) is 0 Å². The van der Waals surface area contributed by atoms with E-state index < -0.39 is 40.5 Å². The third-order valence-electron chi connectivity index (χ3n) is 1.21. The Morgan fingerprint density at radius 1 is 1.43 bits per heavy atom. The van der Waals surface area contributed by atoms with Crippen LogP contribution in [0.25, 0.3) is 0 Å². The van der Waals surface area contributed by atoms with Crippen molar-refractivity contribution in [1.82, 2.24) is 0 Å². The second kappa shape index (κ2) is 4.88. The van der Waals surface area contributed by atoms with E-state index in [0.29, 0.717) is 0 Å². The molecule has 0 amide bonds. The summed E-state index contributed by atoms with van der Waals surface area (Å²) in [6, 6.07) is 0. The maximum Gasteiger partial charge on any atom is 0.328 e. The van der Waals surface area contributed by atoms with Gasteiger partial charge in [0.05, 0.1) is 6.42 Å². The van der Waals surface area contributed by atoms with Crippen LogP contribution in [-0.2, 0) is 24.4 Å². The summed E-state index contributed by atoms with van der Waals surface area (Å²) >= 11 is 0. The Morgan fingerprint density at radius 3 is 2.21 bits per heavy atom. The van der Waals surface area contributed by atoms with E-state index in [-0.39, 0.29) is 0 Å². The smallest absolute Gasteiger partial charge is 0.328 e. The first-order chi connectivity index (χ1) is 6.29. The van der Waals surface area contributed by atoms with Gasteiger partial charge in [-0.1, -0.05) is 0 Å². The number of carboxylic acids is 1. The molecule has 0 aliphatic rings. The van der Waals surface area contributed by atoms with Crippen molar-refractivity contribution in [2.24, 2.45) is 5.73 Å². The largest absolute Gasteiger partial charge is 0.481 e. The lowest BCUT2D eigenvalue weighted by atomic mass is 10.3. The number of aliphatic carboxylic acids is 1. The predicted molar refractivity (Wildman–Crippen MR) is 42.7 cm³/mol. The molecule has 14 heavy (non-hydrogen) atoms. The van der Waals surface area contributed by atoms with Gasteiger partial charge in [-0.2, -0.15) is 8.42 Å². The molecule has 1 unspecified atom stereocenters. The summed E-state index contributed by atoms with van der Waals surface area (Å²) in [5.41, 5.74) is 4.77. The molecule has 0 saturated heterocycles. The van der Waals surface area contributed by atoms with E-state index in [1.54, 1.807) is 0 Å². The van der Waals surface area contributed by atoms with Gasteiger partial charge in [-0.3, -0.25) is 19.9 Å². The van der Waals surface area contributed by atoms with Crippen LogP contribution in [0.15, 0.2) is 0 Å². The van der Waals surface area contributed by atoms with Gasteiger partial charge in [-0.15, -0.1) is 0 Å². The van der Waals surface area contributed by atoms with E-state index in [2.05, 4.69) is 4.74 Å². The number of hydrogen-bond donors (Lipinski definition) is 3. The highest BCUT2D eigenvalue weighted by molar-refractivity contribution is 7.87. The number of nitrogens with two attached hydrogens (primary N) is 1. The topological polar surface area (TPSA) is 144 Å². The van der Waals surface area contributed by atoms with Gasteiger partial charge >= 0.3 is 11.9 Å². The average Bonchev–Trinajstić information content (AvgIpc) is 1.98. The molecule has 0 rings (SSSR count). The second-order valence-corrected chi connectivity index (χ2v) is 3.83. The molecular weight excluding hydrogens is 218 g/mol. The highest BCUT2D eigenvalue weighted by Crippen LogP contribution is 2.06. The Kier molecular flexibility index (Phi) is 4.47. The van der Waals surface area contributed by atoms with Crippen LogP contribution in [0.2, 0.25) is 0 Å². The number of carboxylic acid groups (broad SMARTS) is 1. The molecular formula is C5H9NO7S. The molecule has 4 N–H and O–H groups in total. The number of hydrogen-bond acceptors (Lipinski definition) is 6.